The van der Waals surface area contributed by atoms with Crippen LogP contribution in [0.4, 0.5) is 0 Å². The van der Waals surface area contributed by atoms with Crippen molar-refractivity contribution >= 4 is 22.5 Å². The molecule has 0 bridgehead atoms. The second-order valence-corrected chi connectivity index (χ2v) is 7.72. The quantitative estimate of drug-likeness (QED) is 0.492. The van der Waals surface area contributed by atoms with Crippen LogP contribution in [0.3, 0.4) is 0 Å². The first-order valence-electron chi connectivity index (χ1n) is 9.61. The third-order valence-electron chi connectivity index (χ3n) is 5.45. The molecule has 4 rings (SSSR count). The van der Waals surface area contributed by atoms with Crippen molar-refractivity contribution in [3.8, 4) is 5.88 Å². The molecule has 0 amide bonds. The number of benzene rings is 1. The van der Waals surface area contributed by atoms with Crippen LogP contribution < -0.4 is 4.74 Å². The van der Waals surface area contributed by atoms with Gasteiger partial charge in [-0.25, -0.2) is 9.67 Å². The number of nitrogens with zero attached hydrogens (tertiary/aromatic N) is 5. The molecule has 0 saturated carbocycles. The highest BCUT2D eigenvalue weighted by molar-refractivity contribution is 6.36. The summed E-state index contributed by atoms with van der Waals surface area (Å²) in [7, 11) is 3.19. The standard InChI is InChI=1S/C22H22ClN5O3/c1-12-5-7-17(13(2)25-12)22(30,19-10-24-27-28(19)3)14-6-8-18-15(9-14)20(23)16(11-29)21(26-18)31-4/h5-10,29-30H,11H2,1-4H3. The van der Waals surface area contributed by atoms with E-state index >= 15 is 0 Å². The summed E-state index contributed by atoms with van der Waals surface area (Å²) >= 11 is 6.60. The smallest absolute Gasteiger partial charge is 0.220 e. The minimum Gasteiger partial charge on any atom is -0.481 e. The van der Waals surface area contributed by atoms with Gasteiger partial charge in [0.25, 0.3) is 0 Å². The lowest BCUT2D eigenvalue weighted by Crippen LogP contribution is -2.32. The summed E-state index contributed by atoms with van der Waals surface area (Å²) in [5, 5.41) is 30.8. The van der Waals surface area contributed by atoms with Gasteiger partial charge in [-0.1, -0.05) is 28.9 Å². The number of aromatic nitrogens is 5. The summed E-state index contributed by atoms with van der Waals surface area (Å²) in [6.45, 7) is 3.42. The maximum absolute atomic E-state index is 12.2. The maximum Gasteiger partial charge on any atom is 0.220 e. The van der Waals surface area contributed by atoms with E-state index in [1.165, 1.54) is 18.0 Å². The largest absolute Gasteiger partial charge is 0.481 e. The summed E-state index contributed by atoms with van der Waals surface area (Å²) in [4.78, 5) is 8.98. The van der Waals surface area contributed by atoms with Crippen LogP contribution in [0.5, 0.6) is 5.88 Å². The van der Waals surface area contributed by atoms with Crippen LogP contribution in [0.1, 0.15) is 33.8 Å². The zero-order valence-electron chi connectivity index (χ0n) is 17.6. The average Bonchev–Trinajstić information content (AvgIpc) is 3.19. The summed E-state index contributed by atoms with van der Waals surface area (Å²) in [5.74, 6) is 0.262. The van der Waals surface area contributed by atoms with Gasteiger partial charge >= 0.3 is 0 Å². The van der Waals surface area contributed by atoms with E-state index in [0.29, 0.717) is 44.0 Å². The summed E-state index contributed by atoms with van der Waals surface area (Å²) in [6.07, 6.45) is 1.52. The molecule has 0 aliphatic rings. The molecule has 31 heavy (non-hydrogen) atoms. The number of ether oxygens (including phenoxy) is 1. The Labute approximate surface area is 184 Å². The molecular formula is C22H22ClN5O3. The van der Waals surface area contributed by atoms with Gasteiger partial charge in [0, 0.05) is 29.4 Å². The predicted octanol–water partition coefficient (Wildman–Crippen LogP) is 2.81. The predicted molar refractivity (Wildman–Crippen MR) is 116 cm³/mol. The average molecular weight is 440 g/mol. The molecule has 3 aromatic heterocycles. The fraction of sp³-hybridized carbons (Fsp3) is 0.273. The van der Waals surface area contributed by atoms with Gasteiger partial charge in [0.2, 0.25) is 5.88 Å². The van der Waals surface area contributed by atoms with Gasteiger partial charge in [0.05, 0.1) is 41.7 Å². The Hall–Kier alpha value is -3.07. The van der Waals surface area contributed by atoms with Crippen molar-refractivity contribution in [3.63, 3.8) is 0 Å². The van der Waals surface area contributed by atoms with Crippen LogP contribution in [0.25, 0.3) is 10.9 Å². The Morgan fingerprint density at radius 2 is 1.94 bits per heavy atom. The van der Waals surface area contributed by atoms with Crippen LogP contribution in [0.15, 0.2) is 36.5 Å². The van der Waals surface area contributed by atoms with E-state index in [2.05, 4.69) is 20.3 Å². The van der Waals surface area contributed by atoms with Gasteiger partial charge in [0.1, 0.15) is 0 Å². The first kappa shape index (κ1) is 21.2. The fourth-order valence-corrected chi connectivity index (χ4v) is 4.19. The van der Waals surface area contributed by atoms with E-state index < -0.39 is 5.60 Å². The third-order valence-corrected chi connectivity index (χ3v) is 5.88. The first-order valence-corrected chi connectivity index (χ1v) is 9.98. The maximum atomic E-state index is 12.2. The molecule has 1 aromatic carbocycles. The Balaban J connectivity index is 2.04. The molecule has 2 N–H and O–H groups in total. The normalized spacial score (nSPS) is 13.4. The highest BCUT2D eigenvalue weighted by atomic mass is 35.5. The highest BCUT2D eigenvalue weighted by Crippen LogP contribution is 2.40. The van der Waals surface area contributed by atoms with Gasteiger partial charge < -0.3 is 14.9 Å². The van der Waals surface area contributed by atoms with Gasteiger partial charge in [-0.3, -0.25) is 4.98 Å². The summed E-state index contributed by atoms with van der Waals surface area (Å²) in [5.41, 5.74) is 2.50. The number of methoxy groups -OCH3 is 1. The van der Waals surface area contributed by atoms with E-state index in [1.54, 1.807) is 25.2 Å². The number of pyridine rings is 2. The fourth-order valence-electron chi connectivity index (χ4n) is 3.90. The number of hydrogen-bond donors (Lipinski definition) is 2. The molecule has 1 atom stereocenters. The summed E-state index contributed by atoms with van der Waals surface area (Å²) in [6, 6.07) is 8.99. The van der Waals surface area contributed by atoms with E-state index in [0.717, 1.165) is 5.69 Å². The van der Waals surface area contributed by atoms with Gasteiger partial charge in [-0.05, 0) is 37.6 Å². The van der Waals surface area contributed by atoms with E-state index in [9.17, 15) is 10.2 Å². The number of aliphatic hydroxyl groups excluding tert-OH is 1. The molecule has 4 aromatic rings. The Morgan fingerprint density at radius 3 is 2.55 bits per heavy atom. The van der Waals surface area contributed by atoms with E-state index in [1.807, 2.05) is 26.0 Å². The molecule has 0 saturated heterocycles. The van der Waals surface area contributed by atoms with Gasteiger partial charge in [0.15, 0.2) is 5.60 Å². The molecule has 0 radical (unpaired) electrons. The van der Waals surface area contributed by atoms with Crippen molar-refractivity contribution < 1.29 is 14.9 Å². The molecule has 8 nitrogen and oxygen atoms in total. The zero-order valence-corrected chi connectivity index (χ0v) is 18.3. The monoisotopic (exact) mass is 439 g/mol. The Bertz CT molecular complexity index is 1290. The van der Waals surface area contributed by atoms with Crippen LogP contribution in [-0.4, -0.2) is 42.3 Å². The topological polar surface area (TPSA) is 106 Å². The molecular weight excluding hydrogens is 418 g/mol. The molecule has 0 fully saturated rings. The van der Waals surface area contributed by atoms with Crippen LogP contribution >= 0.6 is 11.6 Å². The number of fused-ring (bicyclic) bond motifs is 1. The lowest BCUT2D eigenvalue weighted by Gasteiger charge is -2.30. The summed E-state index contributed by atoms with van der Waals surface area (Å²) < 4.78 is 6.78. The molecule has 0 spiro atoms. The number of halogens is 1. The van der Waals surface area contributed by atoms with Crippen molar-refractivity contribution in [1.29, 1.82) is 0 Å². The van der Waals surface area contributed by atoms with Crippen molar-refractivity contribution in [2.75, 3.05) is 7.11 Å². The Morgan fingerprint density at radius 1 is 1.16 bits per heavy atom. The van der Waals surface area contributed by atoms with Gasteiger partial charge in [-0.2, -0.15) is 0 Å². The van der Waals surface area contributed by atoms with Crippen molar-refractivity contribution in [2.24, 2.45) is 7.05 Å². The minimum absolute atomic E-state index is 0.262. The minimum atomic E-state index is -1.60. The molecule has 160 valence electrons. The van der Waals surface area contributed by atoms with Crippen molar-refractivity contribution in [2.45, 2.75) is 26.1 Å². The molecule has 0 aliphatic carbocycles. The number of hydrogen-bond acceptors (Lipinski definition) is 7. The van der Waals surface area contributed by atoms with E-state index in [-0.39, 0.29) is 12.5 Å². The van der Waals surface area contributed by atoms with Crippen LogP contribution in [0.2, 0.25) is 5.02 Å². The van der Waals surface area contributed by atoms with Crippen LogP contribution in [0, 0.1) is 13.8 Å². The second-order valence-electron chi connectivity index (χ2n) is 7.34. The molecule has 9 heteroatoms. The van der Waals surface area contributed by atoms with Crippen molar-refractivity contribution in [3.05, 3.63) is 75.3 Å². The Kier molecular flexibility index (Phi) is 5.38. The number of rotatable bonds is 5. The van der Waals surface area contributed by atoms with E-state index in [4.69, 9.17) is 16.3 Å². The van der Waals surface area contributed by atoms with Crippen molar-refractivity contribution in [1.82, 2.24) is 25.0 Å². The lowest BCUT2D eigenvalue weighted by molar-refractivity contribution is 0.115. The SMILES string of the molecule is COc1nc2ccc(C(O)(c3ccc(C)nc3C)c3cnnn3C)cc2c(Cl)c1CO. The second kappa shape index (κ2) is 7.88. The third kappa shape index (κ3) is 3.33. The van der Waals surface area contributed by atoms with Crippen LogP contribution in [-0.2, 0) is 19.3 Å². The number of aryl methyl sites for hydroxylation is 3. The molecule has 1 unspecified atom stereocenters. The molecule has 3 heterocycles. The zero-order chi connectivity index (χ0) is 22.3. The first-order chi connectivity index (χ1) is 14.8. The lowest BCUT2D eigenvalue weighted by atomic mass is 9.82. The van der Waals surface area contributed by atoms with Gasteiger partial charge in [-0.15, -0.1) is 5.10 Å². The number of aliphatic hydroxyl groups is 2. The molecule has 0 aliphatic heterocycles. The highest BCUT2D eigenvalue weighted by Gasteiger charge is 2.39.